The lowest BCUT2D eigenvalue weighted by Crippen LogP contribution is -1.89. The number of carbonyl (C=O) groups excluding carboxylic acids is 1. The lowest BCUT2D eigenvalue weighted by atomic mass is 10.1. The van der Waals surface area contributed by atoms with Crippen LogP contribution in [-0.2, 0) is 0 Å². The minimum Gasteiger partial charge on any atom is -0.309 e. The quantitative estimate of drug-likeness (QED) is 0.465. The Balaban J connectivity index is 2.36. The maximum Gasteiger partial charge on any atom is 0.152 e. The van der Waals surface area contributed by atoms with Crippen LogP contribution in [0, 0.1) is 6.92 Å². The first kappa shape index (κ1) is 11.2. The van der Waals surface area contributed by atoms with Gasteiger partial charge in [0.2, 0.25) is 0 Å². The van der Waals surface area contributed by atoms with Crippen molar-refractivity contribution in [1.82, 2.24) is 4.40 Å². The number of hydrogen-bond donors (Lipinski definition) is 0. The van der Waals surface area contributed by atoms with Gasteiger partial charge in [0.15, 0.2) is 6.29 Å². The number of hydrogen-bond acceptors (Lipinski definition) is 1. The number of rotatable bonds is 1. The summed E-state index contributed by atoms with van der Waals surface area (Å²) in [6, 6.07) is 18.6. The lowest BCUT2D eigenvalue weighted by molar-refractivity contribution is 0.112. The molecule has 0 radical (unpaired) electrons. The molecule has 4 aromatic rings. The van der Waals surface area contributed by atoms with Crippen LogP contribution < -0.4 is 0 Å². The third-order valence-electron chi connectivity index (χ3n) is 3.91. The average Bonchev–Trinajstić information content (AvgIpc) is 2.80. The zero-order valence-corrected chi connectivity index (χ0v) is 11.1. The second-order valence-electron chi connectivity index (χ2n) is 5.16. The van der Waals surface area contributed by atoms with Crippen molar-refractivity contribution in [2.45, 2.75) is 6.92 Å². The zero-order valence-electron chi connectivity index (χ0n) is 11.1. The van der Waals surface area contributed by atoms with Gasteiger partial charge >= 0.3 is 0 Å². The number of carbonyl (C=O) groups is 1. The van der Waals surface area contributed by atoms with E-state index in [1.165, 1.54) is 10.9 Å². The molecule has 2 aromatic carbocycles. The van der Waals surface area contributed by atoms with Crippen molar-refractivity contribution in [1.29, 1.82) is 0 Å². The normalized spacial score (nSPS) is 11.4. The molecule has 0 spiro atoms. The summed E-state index contributed by atoms with van der Waals surface area (Å²) < 4.78 is 2.17. The molecule has 2 aromatic heterocycles. The summed E-state index contributed by atoms with van der Waals surface area (Å²) in [5.41, 5.74) is 5.20. The SMILES string of the molecule is Cc1ccc2c(ccc3c(C=O)c4ccccc4n32)c1. The zero-order chi connectivity index (χ0) is 13.7. The molecule has 0 aliphatic carbocycles. The van der Waals surface area contributed by atoms with Gasteiger partial charge in [-0.3, -0.25) is 4.79 Å². The minimum atomic E-state index is 0.767. The van der Waals surface area contributed by atoms with E-state index in [9.17, 15) is 4.79 Å². The van der Waals surface area contributed by atoms with Crippen LogP contribution in [0.1, 0.15) is 15.9 Å². The first-order valence-electron chi connectivity index (χ1n) is 6.67. The number of para-hydroxylation sites is 1. The molecule has 0 amide bonds. The predicted molar refractivity (Wildman–Crippen MR) is 82.5 cm³/mol. The smallest absolute Gasteiger partial charge is 0.152 e. The van der Waals surface area contributed by atoms with E-state index < -0.39 is 0 Å². The van der Waals surface area contributed by atoms with Crippen molar-refractivity contribution in [3.63, 3.8) is 0 Å². The monoisotopic (exact) mass is 259 g/mol. The number of pyridine rings is 1. The van der Waals surface area contributed by atoms with E-state index in [-0.39, 0.29) is 0 Å². The summed E-state index contributed by atoms with van der Waals surface area (Å²) in [6.45, 7) is 2.09. The number of nitrogens with zero attached hydrogens (tertiary/aromatic N) is 1. The highest BCUT2D eigenvalue weighted by atomic mass is 16.1. The van der Waals surface area contributed by atoms with Gasteiger partial charge in [-0.2, -0.15) is 0 Å². The molecule has 0 bridgehead atoms. The average molecular weight is 259 g/mol. The summed E-state index contributed by atoms with van der Waals surface area (Å²) in [4.78, 5) is 11.5. The molecule has 0 saturated carbocycles. The van der Waals surface area contributed by atoms with Gasteiger partial charge in [-0.25, -0.2) is 0 Å². The van der Waals surface area contributed by atoms with E-state index >= 15 is 0 Å². The molecule has 4 rings (SSSR count). The molecule has 0 unspecified atom stereocenters. The van der Waals surface area contributed by atoms with Crippen LogP contribution in [0.2, 0.25) is 0 Å². The summed E-state index contributed by atoms with van der Waals surface area (Å²) in [7, 11) is 0. The molecule has 0 aliphatic rings. The van der Waals surface area contributed by atoms with Crippen LogP contribution in [0.15, 0.2) is 54.6 Å². The summed E-state index contributed by atoms with van der Waals surface area (Å²) in [5.74, 6) is 0. The molecular formula is C18H13NO. The Morgan fingerprint density at radius 2 is 1.70 bits per heavy atom. The second kappa shape index (κ2) is 3.94. The van der Waals surface area contributed by atoms with Crippen LogP contribution in [0.4, 0.5) is 0 Å². The summed E-state index contributed by atoms with van der Waals surface area (Å²) >= 11 is 0. The van der Waals surface area contributed by atoms with Crippen LogP contribution in [-0.4, -0.2) is 10.7 Å². The molecule has 0 saturated heterocycles. The third kappa shape index (κ3) is 1.36. The fraction of sp³-hybridized carbons (Fsp3) is 0.0556. The first-order chi connectivity index (χ1) is 9.79. The van der Waals surface area contributed by atoms with Gasteiger partial charge in [0.25, 0.3) is 0 Å². The molecule has 2 heteroatoms. The lowest BCUT2D eigenvalue weighted by Gasteiger charge is -2.05. The highest BCUT2D eigenvalue weighted by molar-refractivity contribution is 6.08. The van der Waals surface area contributed by atoms with Crippen molar-refractivity contribution < 1.29 is 4.79 Å². The summed E-state index contributed by atoms with van der Waals surface area (Å²) in [6.07, 6.45) is 0.956. The van der Waals surface area contributed by atoms with Gasteiger partial charge in [0, 0.05) is 10.9 Å². The minimum absolute atomic E-state index is 0.767. The molecule has 0 aliphatic heterocycles. The fourth-order valence-corrected chi connectivity index (χ4v) is 3.01. The standard InChI is InChI=1S/C18H13NO/c1-12-6-8-16-13(10-12)7-9-18-15(11-20)14-4-2-3-5-17(14)19(16)18/h2-11H,1H3. The molecule has 0 N–H and O–H groups in total. The molecule has 0 atom stereocenters. The van der Waals surface area contributed by atoms with Crippen LogP contribution in [0.3, 0.4) is 0 Å². The number of fused-ring (bicyclic) bond motifs is 5. The van der Waals surface area contributed by atoms with Gasteiger partial charge in [-0.1, -0.05) is 35.9 Å². The highest BCUT2D eigenvalue weighted by Gasteiger charge is 2.12. The Bertz CT molecular complexity index is 979. The molecule has 2 heterocycles. The number of aromatic nitrogens is 1. The van der Waals surface area contributed by atoms with E-state index in [0.29, 0.717) is 0 Å². The molecule has 2 nitrogen and oxygen atoms in total. The molecule has 96 valence electrons. The van der Waals surface area contributed by atoms with Crippen LogP contribution in [0.5, 0.6) is 0 Å². The highest BCUT2D eigenvalue weighted by Crippen LogP contribution is 2.29. The Kier molecular flexibility index (Phi) is 2.21. The van der Waals surface area contributed by atoms with Gasteiger partial charge < -0.3 is 4.40 Å². The van der Waals surface area contributed by atoms with E-state index in [2.05, 4.69) is 41.7 Å². The largest absolute Gasteiger partial charge is 0.309 e. The van der Waals surface area contributed by atoms with Crippen molar-refractivity contribution in [3.05, 3.63) is 65.7 Å². The second-order valence-corrected chi connectivity index (χ2v) is 5.16. The Labute approximate surface area is 116 Å². The molecule has 0 fully saturated rings. The van der Waals surface area contributed by atoms with Crippen LogP contribution >= 0.6 is 0 Å². The Hall–Kier alpha value is -2.61. The maximum absolute atomic E-state index is 11.5. The van der Waals surface area contributed by atoms with Gasteiger partial charge in [-0.15, -0.1) is 0 Å². The van der Waals surface area contributed by atoms with E-state index in [1.807, 2.05) is 24.3 Å². The Morgan fingerprint density at radius 3 is 2.55 bits per heavy atom. The molecule has 20 heavy (non-hydrogen) atoms. The summed E-state index contributed by atoms with van der Waals surface area (Å²) in [5, 5.41) is 2.20. The van der Waals surface area contributed by atoms with Gasteiger partial charge in [0.1, 0.15) is 0 Å². The predicted octanol–water partition coefficient (Wildman–Crippen LogP) is 4.37. The van der Waals surface area contributed by atoms with E-state index in [4.69, 9.17) is 0 Å². The van der Waals surface area contributed by atoms with Crippen LogP contribution in [0.25, 0.3) is 27.3 Å². The van der Waals surface area contributed by atoms with Crippen molar-refractivity contribution in [3.8, 4) is 0 Å². The van der Waals surface area contributed by atoms with Crippen molar-refractivity contribution in [2.24, 2.45) is 0 Å². The number of benzene rings is 2. The van der Waals surface area contributed by atoms with Crippen molar-refractivity contribution >= 4 is 33.6 Å². The Morgan fingerprint density at radius 1 is 0.900 bits per heavy atom. The molecular weight excluding hydrogens is 246 g/mol. The van der Waals surface area contributed by atoms with Crippen molar-refractivity contribution in [2.75, 3.05) is 0 Å². The first-order valence-corrected chi connectivity index (χ1v) is 6.67. The third-order valence-corrected chi connectivity index (χ3v) is 3.91. The van der Waals surface area contributed by atoms with Gasteiger partial charge in [-0.05, 0) is 36.6 Å². The van der Waals surface area contributed by atoms with E-state index in [1.54, 1.807) is 0 Å². The fourth-order valence-electron chi connectivity index (χ4n) is 3.01. The number of aryl methyl sites for hydroxylation is 1. The maximum atomic E-state index is 11.5. The van der Waals surface area contributed by atoms with E-state index in [0.717, 1.165) is 33.8 Å². The number of aldehydes is 1. The topological polar surface area (TPSA) is 21.5 Å². The van der Waals surface area contributed by atoms with Gasteiger partial charge in [0.05, 0.1) is 16.6 Å².